The third-order valence-corrected chi connectivity index (χ3v) is 6.56. The van der Waals surface area contributed by atoms with Crippen molar-refractivity contribution in [1.29, 1.82) is 0 Å². The number of amides is 1. The molecule has 0 aliphatic carbocycles. The smallest absolute Gasteiger partial charge is 0.264 e. The predicted octanol–water partition coefficient (Wildman–Crippen LogP) is 5.10. The Balaban J connectivity index is 1.42. The second kappa shape index (κ2) is 8.43. The van der Waals surface area contributed by atoms with E-state index in [2.05, 4.69) is 4.57 Å². The second-order valence-corrected chi connectivity index (χ2v) is 8.85. The van der Waals surface area contributed by atoms with Gasteiger partial charge in [0.2, 0.25) is 0 Å². The third kappa shape index (κ3) is 3.64. The molecule has 0 bridgehead atoms. The fourth-order valence-electron chi connectivity index (χ4n) is 4.81. The number of carbonyl (C=O) groups excluding carboxylic acids is 2. The number of carbonyl (C=O) groups is 2. The molecule has 2 heterocycles. The van der Waals surface area contributed by atoms with Gasteiger partial charge in [0.05, 0.1) is 18.7 Å². The normalized spacial score (nSPS) is 17.1. The average molecular weight is 451 g/mol. The van der Waals surface area contributed by atoms with E-state index < -0.39 is 11.5 Å². The predicted molar refractivity (Wildman–Crippen MR) is 132 cm³/mol. The minimum atomic E-state index is -1.89. The summed E-state index contributed by atoms with van der Waals surface area (Å²) in [6.45, 7) is 4.40. The highest BCUT2D eigenvalue weighted by molar-refractivity contribution is 6.10. The molecule has 1 atom stereocenters. The Morgan fingerprint density at radius 1 is 0.824 bits per heavy atom. The first-order chi connectivity index (χ1) is 16.4. The van der Waals surface area contributed by atoms with E-state index in [1.54, 1.807) is 29.2 Å². The number of fused-ring (bicyclic) bond motifs is 1. The van der Waals surface area contributed by atoms with Crippen molar-refractivity contribution in [3.05, 3.63) is 119 Å². The van der Waals surface area contributed by atoms with Crippen LogP contribution in [0.25, 0.3) is 5.69 Å². The first-order valence-electron chi connectivity index (χ1n) is 11.3. The number of rotatable bonds is 6. The summed E-state index contributed by atoms with van der Waals surface area (Å²) in [4.78, 5) is 28.2. The van der Waals surface area contributed by atoms with E-state index in [1.807, 2.05) is 80.6 Å². The van der Waals surface area contributed by atoms with E-state index in [4.69, 9.17) is 0 Å². The molecule has 5 rings (SSSR count). The molecule has 5 nitrogen and oxygen atoms in total. The zero-order valence-corrected chi connectivity index (χ0v) is 19.2. The summed E-state index contributed by atoms with van der Waals surface area (Å²) in [5.74, 6) is -0.749. The number of Topliss-reactive ketones (excluding diaryl/α,β-unsaturated/α-hetero) is 1. The van der Waals surface area contributed by atoms with Crippen molar-refractivity contribution < 1.29 is 14.7 Å². The fourth-order valence-corrected chi connectivity index (χ4v) is 4.81. The largest absolute Gasteiger partial charge is 0.375 e. The number of aliphatic hydroxyl groups is 1. The van der Waals surface area contributed by atoms with Gasteiger partial charge in [0.1, 0.15) is 0 Å². The molecule has 0 unspecified atom stereocenters. The van der Waals surface area contributed by atoms with Crippen LogP contribution in [0.5, 0.6) is 0 Å². The van der Waals surface area contributed by atoms with E-state index in [0.717, 1.165) is 22.6 Å². The maximum absolute atomic E-state index is 13.5. The second-order valence-electron chi connectivity index (χ2n) is 8.85. The van der Waals surface area contributed by atoms with Gasteiger partial charge in [-0.3, -0.25) is 9.59 Å². The van der Waals surface area contributed by atoms with Crippen LogP contribution in [0.15, 0.2) is 91.0 Å². The minimum Gasteiger partial charge on any atom is -0.375 e. The summed E-state index contributed by atoms with van der Waals surface area (Å²) < 4.78 is 2.11. The van der Waals surface area contributed by atoms with E-state index in [0.29, 0.717) is 23.4 Å². The standard InChI is InChI=1S/C29H26N2O3/c1-20-12-13-21(2)31(20)24-16-14-23(15-17-24)27(32)18-29(34)25-10-6-7-11-26(25)30(28(29)33)19-22-8-4-3-5-9-22/h3-17,34H,18-19H2,1-2H3/t29-/m0/s1. The van der Waals surface area contributed by atoms with Crippen LogP contribution in [0, 0.1) is 13.8 Å². The highest BCUT2D eigenvalue weighted by Gasteiger charge is 2.50. The Bertz CT molecular complexity index is 1350. The van der Waals surface area contributed by atoms with Crippen LogP contribution in [-0.4, -0.2) is 21.4 Å². The first-order valence-corrected chi connectivity index (χ1v) is 11.3. The van der Waals surface area contributed by atoms with Crippen molar-refractivity contribution in [2.24, 2.45) is 0 Å². The average Bonchev–Trinajstić information content (AvgIpc) is 3.29. The van der Waals surface area contributed by atoms with Gasteiger partial charge in [-0.15, -0.1) is 0 Å². The van der Waals surface area contributed by atoms with Crippen LogP contribution in [0.2, 0.25) is 0 Å². The number of nitrogens with zero attached hydrogens (tertiary/aromatic N) is 2. The number of anilines is 1. The van der Waals surface area contributed by atoms with Crippen LogP contribution in [0.1, 0.15) is 39.3 Å². The topological polar surface area (TPSA) is 62.5 Å². The molecule has 1 N–H and O–H groups in total. The van der Waals surface area contributed by atoms with Gasteiger partial charge in [-0.05, 0) is 61.9 Å². The van der Waals surface area contributed by atoms with Gasteiger partial charge in [0, 0.05) is 28.2 Å². The Kier molecular flexibility index (Phi) is 5.42. The lowest BCUT2D eigenvalue weighted by Crippen LogP contribution is -2.41. The first kappa shape index (κ1) is 21.9. The Morgan fingerprint density at radius 3 is 2.12 bits per heavy atom. The molecule has 1 aliphatic heterocycles. The molecule has 1 aliphatic rings. The van der Waals surface area contributed by atoms with E-state index in [9.17, 15) is 14.7 Å². The molecular weight excluding hydrogens is 424 g/mol. The summed E-state index contributed by atoms with van der Waals surface area (Å²) in [5, 5.41) is 11.6. The molecule has 3 aromatic carbocycles. The molecule has 1 aromatic heterocycles. The lowest BCUT2D eigenvalue weighted by molar-refractivity contribution is -0.136. The molecule has 0 spiro atoms. The minimum absolute atomic E-state index is 0.278. The number of ketones is 1. The maximum atomic E-state index is 13.5. The van der Waals surface area contributed by atoms with Gasteiger partial charge >= 0.3 is 0 Å². The van der Waals surface area contributed by atoms with Crippen LogP contribution in [0.4, 0.5) is 5.69 Å². The van der Waals surface area contributed by atoms with Crippen molar-refractivity contribution in [3.63, 3.8) is 0 Å². The van der Waals surface area contributed by atoms with Crippen LogP contribution < -0.4 is 4.90 Å². The maximum Gasteiger partial charge on any atom is 0.264 e. The monoisotopic (exact) mass is 450 g/mol. The Hall–Kier alpha value is -3.96. The lowest BCUT2D eigenvalue weighted by Gasteiger charge is -2.23. The van der Waals surface area contributed by atoms with Crippen LogP contribution >= 0.6 is 0 Å². The van der Waals surface area contributed by atoms with Gasteiger partial charge in [-0.2, -0.15) is 0 Å². The summed E-state index contributed by atoms with van der Waals surface area (Å²) in [6, 6.07) is 28.2. The van der Waals surface area contributed by atoms with E-state index in [1.165, 1.54) is 0 Å². The molecule has 0 fully saturated rings. The van der Waals surface area contributed by atoms with Gasteiger partial charge in [-0.25, -0.2) is 0 Å². The van der Waals surface area contributed by atoms with Gasteiger partial charge < -0.3 is 14.6 Å². The highest BCUT2D eigenvalue weighted by atomic mass is 16.3. The van der Waals surface area contributed by atoms with Crippen molar-refractivity contribution in [1.82, 2.24) is 4.57 Å². The number of benzene rings is 3. The third-order valence-electron chi connectivity index (χ3n) is 6.56. The lowest BCUT2D eigenvalue weighted by atomic mass is 9.88. The molecule has 0 radical (unpaired) electrons. The summed E-state index contributed by atoms with van der Waals surface area (Å²) >= 11 is 0. The summed E-state index contributed by atoms with van der Waals surface area (Å²) in [7, 11) is 0. The van der Waals surface area contributed by atoms with E-state index >= 15 is 0 Å². The fraction of sp³-hybridized carbons (Fsp3) is 0.172. The Morgan fingerprint density at radius 2 is 1.44 bits per heavy atom. The van der Waals surface area contributed by atoms with Crippen molar-refractivity contribution in [3.8, 4) is 5.69 Å². The van der Waals surface area contributed by atoms with Gasteiger partial charge in [0.15, 0.2) is 11.4 Å². The van der Waals surface area contributed by atoms with Crippen molar-refractivity contribution >= 4 is 17.4 Å². The quantitative estimate of drug-likeness (QED) is 0.416. The molecule has 0 saturated heterocycles. The zero-order valence-electron chi connectivity index (χ0n) is 19.2. The zero-order chi connectivity index (χ0) is 23.9. The van der Waals surface area contributed by atoms with Crippen LogP contribution in [0.3, 0.4) is 0 Å². The number of hydrogen-bond donors (Lipinski definition) is 1. The molecule has 0 saturated carbocycles. The summed E-state index contributed by atoms with van der Waals surface area (Å²) in [5.41, 5.74) is 3.81. The van der Waals surface area contributed by atoms with Crippen molar-refractivity contribution in [2.75, 3.05) is 4.90 Å². The molecule has 5 heteroatoms. The number of aromatic nitrogens is 1. The van der Waals surface area contributed by atoms with Crippen molar-refractivity contribution in [2.45, 2.75) is 32.4 Å². The molecular formula is C29H26N2O3. The Labute approximate surface area is 198 Å². The molecule has 34 heavy (non-hydrogen) atoms. The van der Waals surface area contributed by atoms with Gasteiger partial charge in [-0.1, -0.05) is 48.5 Å². The number of aryl methyl sites for hydroxylation is 2. The van der Waals surface area contributed by atoms with E-state index in [-0.39, 0.29) is 12.2 Å². The SMILES string of the molecule is Cc1ccc(C)n1-c1ccc(C(=O)C[C@@]2(O)C(=O)N(Cc3ccccc3)c3ccccc32)cc1. The van der Waals surface area contributed by atoms with Gasteiger partial charge in [0.25, 0.3) is 5.91 Å². The molecule has 170 valence electrons. The number of hydrogen-bond acceptors (Lipinski definition) is 3. The number of para-hydroxylation sites is 1. The molecule has 1 amide bonds. The summed E-state index contributed by atoms with van der Waals surface area (Å²) in [6.07, 6.45) is -0.310. The van der Waals surface area contributed by atoms with Crippen LogP contribution in [-0.2, 0) is 16.9 Å². The highest BCUT2D eigenvalue weighted by Crippen LogP contribution is 2.43. The molecule has 4 aromatic rings.